The molecule has 22 heavy (non-hydrogen) atoms. The Hall–Kier alpha value is -1.81. The third-order valence-corrected chi connectivity index (χ3v) is 4.04. The van der Waals surface area contributed by atoms with Gasteiger partial charge < -0.3 is 4.74 Å². The zero-order chi connectivity index (χ0) is 15.5. The molecule has 1 fully saturated rings. The van der Waals surface area contributed by atoms with Gasteiger partial charge in [-0.15, -0.1) is 0 Å². The van der Waals surface area contributed by atoms with Gasteiger partial charge in [0.25, 0.3) is 0 Å². The number of aromatic nitrogens is 1. The maximum atomic E-state index is 5.86. The van der Waals surface area contributed by atoms with Gasteiger partial charge in [0.15, 0.2) is 0 Å². The van der Waals surface area contributed by atoms with Crippen molar-refractivity contribution in [3.05, 3.63) is 53.7 Å². The first-order valence-electron chi connectivity index (χ1n) is 7.79. The average Bonchev–Trinajstić information content (AvgIpc) is 2.47. The number of likely N-dealkylation sites (tertiary alicyclic amines) is 1. The van der Waals surface area contributed by atoms with Crippen LogP contribution in [-0.2, 0) is 6.54 Å². The van der Waals surface area contributed by atoms with Crippen molar-refractivity contribution in [2.75, 3.05) is 13.1 Å². The Labute approximate surface area is 133 Å². The molecule has 0 bridgehead atoms. The summed E-state index contributed by atoms with van der Waals surface area (Å²) in [4.78, 5) is 6.43. The van der Waals surface area contributed by atoms with E-state index in [1.807, 2.05) is 6.07 Å². The van der Waals surface area contributed by atoms with E-state index in [-0.39, 0.29) is 6.10 Å². The molecule has 1 aromatic heterocycles. The molecule has 0 unspecified atom stereocenters. The van der Waals surface area contributed by atoms with Gasteiger partial charge in [-0.1, -0.05) is 38.1 Å². The molecule has 0 saturated carbocycles. The summed E-state index contributed by atoms with van der Waals surface area (Å²) in [6, 6.07) is 12.6. The zero-order valence-corrected chi connectivity index (χ0v) is 13.2. The van der Waals surface area contributed by atoms with Crippen LogP contribution < -0.4 is 10.3 Å². The monoisotopic (exact) mass is 292 g/mol. The Morgan fingerprint density at radius 2 is 1.91 bits per heavy atom. The fourth-order valence-electron chi connectivity index (χ4n) is 2.65. The van der Waals surface area contributed by atoms with Crippen LogP contribution in [0, 0.1) is 0 Å². The first-order chi connectivity index (χ1) is 10.6. The number of hydrogen-bond acceptors (Lipinski definition) is 3. The second-order valence-electron chi connectivity index (χ2n) is 6.25. The van der Waals surface area contributed by atoms with Crippen LogP contribution in [0.25, 0.3) is 0 Å². The van der Waals surface area contributed by atoms with Gasteiger partial charge in [-0.3, -0.25) is 9.88 Å². The van der Waals surface area contributed by atoms with E-state index >= 15 is 0 Å². The maximum absolute atomic E-state index is 5.86. The highest BCUT2D eigenvalue weighted by atomic mass is 16.5. The van der Waals surface area contributed by atoms with E-state index in [2.05, 4.69) is 48.0 Å². The van der Waals surface area contributed by atoms with E-state index in [0.29, 0.717) is 11.5 Å². The van der Waals surface area contributed by atoms with Crippen LogP contribution in [0.4, 0.5) is 0 Å². The molecule has 4 heteroatoms. The van der Waals surface area contributed by atoms with Gasteiger partial charge >= 0.3 is 0 Å². The quantitative estimate of drug-likeness (QED) is 0.790. The molecule has 3 nitrogen and oxygen atoms in total. The summed E-state index contributed by atoms with van der Waals surface area (Å²) in [5.41, 5.74) is 3.27. The van der Waals surface area contributed by atoms with Crippen LogP contribution in [0.15, 0.2) is 42.6 Å². The molecule has 1 aliphatic heterocycles. The molecule has 112 valence electrons. The summed E-state index contributed by atoms with van der Waals surface area (Å²) in [5.74, 6) is 1.38. The summed E-state index contributed by atoms with van der Waals surface area (Å²) < 4.78 is 5.86. The molecule has 2 aromatic rings. The first kappa shape index (κ1) is 15.1. The lowest BCUT2D eigenvalue weighted by Gasteiger charge is -2.39. The predicted molar refractivity (Wildman–Crippen MR) is 89.8 cm³/mol. The molecule has 1 aliphatic rings. The lowest BCUT2D eigenvalue weighted by atomic mass is 10.0. The first-order valence-corrected chi connectivity index (χ1v) is 7.79. The number of ether oxygens (including phenoxy) is 1. The van der Waals surface area contributed by atoms with Gasteiger partial charge in [-0.05, 0) is 34.8 Å². The average molecular weight is 292 g/mol. The van der Waals surface area contributed by atoms with Crippen LogP contribution in [0.5, 0.6) is 5.75 Å². The molecular weight excluding hydrogens is 271 g/mol. The standard InChI is InChI=1S/C18H21BN2O/c1-13(2)15-5-3-14(4-6-15)10-21-11-17(12-21)22-16-7-8-18(19)20-9-16/h3-9,13,17H,10-12H2,1-2H3. The van der Waals surface area contributed by atoms with Crippen LogP contribution in [-0.4, -0.2) is 36.9 Å². The summed E-state index contributed by atoms with van der Waals surface area (Å²) in [7, 11) is 5.57. The minimum atomic E-state index is 0.250. The fourth-order valence-corrected chi connectivity index (χ4v) is 2.65. The third-order valence-electron chi connectivity index (χ3n) is 4.04. The molecule has 0 amide bonds. The molecule has 0 N–H and O–H groups in total. The summed E-state index contributed by atoms with van der Waals surface area (Å²) >= 11 is 0. The van der Waals surface area contributed by atoms with Crippen LogP contribution in [0.2, 0.25) is 0 Å². The van der Waals surface area contributed by atoms with Crippen molar-refractivity contribution >= 4 is 13.4 Å². The maximum Gasteiger partial charge on any atom is 0.141 e. The van der Waals surface area contributed by atoms with Crippen LogP contribution in [0.3, 0.4) is 0 Å². The number of pyridine rings is 1. The highest BCUT2D eigenvalue weighted by molar-refractivity contribution is 6.30. The topological polar surface area (TPSA) is 25.4 Å². The normalized spacial score (nSPS) is 15.8. The van der Waals surface area contributed by atoms with Crippen molar-refractivity contribution in [3.63, 3.8) is 0 Å². The summed E-state index contributed by atoms with van der Waals surface area (Å²) in [5, 5.41) is 0. The van der Waals surface area contributed by atoms with E-state index in [1.165, 1.54) is 11.1 Å². The minimum Gasteiger partial charge on any atom is -0.486 e. The van der Waals surface area contributed by atoms with Crippen molar-refractivity contribution in [3.8, 4) is 5.75 Å². The Balaban J connectivity index is 1.46. The number of benzene rings is 1. The highest BCUT2D eigenvalue weighted by Crippen LogP contribution is 2.20. The molecule has 1 aromatic carbocycles. The van der Waals surface area contributed by atoms with Crippen molar-refractivity contribution in [1.82, 2.24) is 9.88 Å². The van der Waals surface area contributed by atoms with Gasteiger partial charge in [0.2, 0.25) is 0 Å². The SMILES string of the molecule is [B]c1ccc(OC2CN(Cc3ccc(C(C)C)cc3)C2)cn1. The number of rotatable bonds is 5. The van der Waals surface area contributed by atoms with Gasteiger partial charge in [0.1, 0.15) is 19.7 Å². The van der Waals surface area contributed by atoms with Crippen molar-refractivity contribution in [2.45, 2.75) is 32.4 Å². The summed E-state index contributed by atoms with van der Waals surface area (Å²) in [6.45, 7) is 7.34. The molecule has 0 aliphatic carbocycles. The number of hydrogen-bond donors (Lipinski definition) is 0. The van der Waals surface area contributed by atoms with E-state index in [0.717, 1.165) is 25.4 Å². The van der Waals surface area contributed by atoms with Gasteiger partial charge in [-0.25, -0.2) is 0 Å². The summed E-state index contributed by atoms with van der Waals surface area (Å²) in [6.07, 6.45) is 1.93. The van der Waals surface area contributed by atoms with E-state index in [9.17, 15) is 0 Å². The van der Waals surface area contributed by atoms with Crippen molar-refractivity contribution in [2.24, 2.45) is 0 Å². The van der Waals surface area contributed by atoms with Crippen molar-refractivity contribution < 1.29 is 4.74 Å². The second kappa shape index (κ2) is 6.53. The van der Waals surface area contributed by atoms with Crippen molar-refractivity contribution in [1.29, 1.82) is 0 Å². The number of nitrogens with zero attached hydrogens (tertiary/aromatic N) is 2. The van der Waals surface area contributed by atoms with Crippen LogP contribution in [0.1, 0.15) is 30.9 Å². The van der Waals surface area contributed by atoms with Gasteiger partial charge in [0.05, 0.1) is 6.20 Å². The molecule has 0 spiro atoms. The third kappa shape index (κ3) is 3.69. The Kier molecular flexibility index (Phi) is 4.48. The molecular formula is C18H21BN2O. The Bertz CT molecular complexity index is 604. The van der Waals surface area contributed by atoms with Crippen LogP contribution >= 0.6 is 0 Å². The smallest absolute Gasteiger partial charge is 0.141 e. The Morgan fingerprint density at radius 3 is 2.50 bits per heavy atom. The van der Waals surface area contributed by atoms with E-state index in [1.54, 1.807) is 12.3 Å². The molecule has 2 radical (unpaired) electrons. The predicted octanol–water partition coefficient (Wildman–Crippen LogP) is 2.26. The zero-order valence-electron chi connectivity index (χ0n) is 13.2. The Morgan fingerprint density at radius 1 is 1.18 bits per heavy atom. The van der Waals surface area contributed by atoms with E-state index < -0.39 is 0 Å². The molecule has 0 atom stereocenters. The molecule has 2 heterocycles. The lowest BCUT2D eigenvalue weighted by Crippen LogP contribution is -2.53. The largest absolute Gasteiger partial charge is 0.486 e. The minimum absolute atomic E-state index is 0.250. The van der Waals surface area contributed by atoms with E-state index in [4.69, 9.17) is 12.6 Å². The molecule has 3 rings (SSSR count). The van der Waals surface area contributed by atoms with Gasteiger partial charge in [0, 0.05) is 19.6 Å². The lowest BCUT2D eigenvalue weighted by molar-refractivity contribution is 0.0144. The van der Waals surface area contributed by atoms with Gasteiger partial charge in [-0.2, -0.15) is 0 Å². The highest BCUT2D eigenvalue weighted by Gasteiger charge is 2.28. The molecule has 1 saturated heterocycles. The second-order valence-corrected chi connectivity index (χ2v) is 6.25. The fraction of sp³-hybridized carbons (Fsp3) is 0.389.